The molecule has 1 N–H and O–H groups in total. The average molecular weight is 267 g/mol. The third-order valence-electron chi connectivity index (χ3n) is 3.51. The maximum Gasteiger partial charge on any atom is 0.160 e. The lowest BCUT2D eigenvalue weighted by molar-refractivity contribution is 0.295. The van der Waals surface area contributed by atoms with E-state index in [4.69, 9.17) is 0 Å². The molecule has 0 aliphatic rings. The molecule has 0 fully saturated rings. The highest BCUT2D eigenvalue weighted by Gasteiger charge is 2.12. The Labute approximate surface area is 117 Å². The van der Waals surface area contributed by atoms with Gasteiger partial charge in [0.15, 0.2) is 5.65 Å². The normalized spacial score (nSPS) is 11.1. The number of aromatic nitrogens is 3. The van der Waals surface area contributed by atoms with Crippen molar-refractivity contribution < 1.29 is 5.11 Å². The van der Waals surface area contributed by atoms with Crippen LogP contribution >= 0.6 is 0 Å². The lowest BCUT2D eigenvalue weighted by Gasteiger charge is -2.10. The Hall–Kier alpha value is -2.20. The van der Waals surface area contributed by atoms with Crippen molar-refractivity contribution in [3.63, 3.8) is 0 Å². The fourth-order valence-electron chi connectivity index (χ4n) is 2.42. The number of aliphatic hydroxyl groups is 1. The third kappa shape index (κ3) is 2.30. The fourth-order valence-corrected chi connectivity index (χ4v) is 2.42. The second-order valence-electron chi connectivity index (χ2n) is 4.86. The van der Waals surface area contributed by atoms with Crippen LogP contribution in [-0.4, -0.2) is 26.2 Å². The van der Waals surface area contributed by atoms with Gasteiger partial charge >= 0.3 is 0 Å². The summed E-state index contributed by atoms with van der Waals surface area (Å²) in [5, 5.41) is 9.22. The molecular weight excluding hydrogens is 250 g/mol. The zero-order chi connectivity index (χ0) is 13.9. The van der Waals surface area contributed by atoms with Gasteiger partial charge in [0.1, 0.15) is 11.3 Å². The first kappa shape index (κ1) is 12.8. The molecule has 4 heteroatoms. The Morgan fingerprint density at radius 1 is 1.15 bits per heavy atom. The van der Waals surface area contributed by atoms with E-state index >= 15 is 0 Å². The Bertz CT molecular complexity index is 733. The third-order valence-corrected chi connectivity index (χ3v) is 3.51. The molecule has 4 nitrogen and oxygen atoms in total. The molecule has 20 heavy (non-hydrogen) atoms. The summed E-state index contributed by atoms with van der Waals surface area (Å²) in [6.45, 7) is 2.93. The molecule has 0 bridgehead atoms. The molecular formula is C16H17N3O. The molecule has 0 aliphatic carbocycles. The maximum atomic E-state index is 9.22. The smallest absolute Gasteiger partial charge is 0.160 e. The molecule has 2 heterocycles. The molecule has 0 atom stereocenters. The predicted octanol–water partition coefficient (Wildman–Crippen LogP) is 2.32. The molecule has 1 aromatic carbocycles. The number of aliphatic hydroxyl groups excluding tert-OH is 1. The lowest BCUT2D eigenvalue weighted by atomic mass is 10.1. The number of fused-ring (bicyclic) bond motifs is 1. The van der Waals surface area contributed by atoms with Crippen LogP contribution in [0.25, 0.3) is 11.2 Å². The Kier molecular flexibility index (Phi) is 3.48. The van der Waals surface area contributed by atoms with E-state index in [1.807, 2.05) is 24.3 Å². The second-order valence-corrected chi connectivity index (χ2v) is 4.86. The molecule has 0 saturated heterocycles. The number of hydrogen-bond donors (Lipinski definition) is 1. The molecule has 102 valence electrons. The van der Waals surface area contributed by atoms with Gasteiger partial charge in [-0.05, 0) is 30.2 Å². The van der Waals surface area contributed by atoms with Crippen LogP contribution in [0.15, 0.2) is 42.6 Å². The summed E-state index contributed by atoms with van der Waals surface area (Å²) < 4.78 is 2.09. The van der Waals surface area contributed by atoms with Gasteiger partial charge < -0.3 is 9.67 Å². The number of nitrogens with zero attached hydrogens (tertiary/aromatic N) is 3. The highest BCUT2D eigenvalue weighted by molar-refractivity contribution is 5.71. The summed E-state index contributed by atoms with van der Waals surface area (Å²) in [6.07, 6.45) is 2.32. The number of rotatable bonds is 4. The van der Waals surface area contributed by atoms with Gasteiger partial charge in [0, 0.05) is 12.6 Å². The quantitative estimate of drug-likeness (QED) is 0.789. The summed E-state index contributed by atoms with van der Waals surface area (Å²) in [4.78, 5) is 9.00. The van der Waals surface area contributed by atoms with E-state index < -0.39 is 0 Å². The van der Waals surface area contributed by atoms with Crippen LogP contribution in [0.3, 0.4) is 0 Å². The molecule has 0 saturated carbocycles. The predicted molar refractivity (Wildman–Crippen MR) is 78.6 cm³/mol. The highest BCUT2D eigenvalue weighted by Crippen LogP contribution is 2.17. The van der Waals surface area contributed by atoms with Crippen molar-refractivity contribution in [2.75, 3.05) is 6.61 Å². The van der Waals surface area contributed by atoms with Crippen molar-refractivity contribution in [1.82, 2.24) is 14.5 Å². The van der Waals surface area contributed by atoms with Crippen LogP contribution in [0.4, 0.5) is 0 Å². The van der Waals surface area contributed by atoms with E-state index in [0.717, 1.165) is 23.5 Å². The lowest BCUT2D eigenvalue weighted by Crippen LogP contribution is -2.08. The maximum absolute atomic E-state index is 9.22. The van der Waals surface area contributed by atoms with Gasteiger partial charge in [-0.15, -0.1) is 0 Å². The molecule has 0 spiro atoms. The summed E-state index contributed by atoms with van der Waals surface area (Å²) in [5.74, 6) is 0.879. The van der Waals surface area contributed by atoms with Crippen LogP contribution in [0, 0.1) is 6.92 Å². The Morgan fingerprint density at radius 2 is 2.00 bits per heavy atom. The van der Waals surface area contributed by atoms with Gasteiger partial charge in [0.25, 0.3) is 0 Å². The summed E-state index contributed by atoms with van der Waals surface area (Å²) in [7, 11) is 0. The minimum Gasteiger partial charge on any atom is -0.396 e. The van der Waals surface area contributed by atoms with Gasteiger partial charge in [-0.25, -0.2) is 9.97 Å². The van der Waals surface area contributed by atoms with E-state index in [-0.39, 0.29) is 6.61 Å². The first-order valence-corrected chi connectivity index (χ1v) is 6.75. The van der Waals surface area contributed by atoms with Gasteiger partial charge in [0.05, 0.1) is 13.2 Å². The number of pyridine rings is 1. The minimum atomic E-state index is 0.0943. The second kappa shape index (κ2) is 5.43. The molecule has 0 unspecified atom stereocenters. The number of hydrogen-bond acceptors (Lipinski definition) is 3. The monoisotopic (exact) mass is 267 g/mol. The molecule has 3 aromatic rings. The minimum absolute atomic E-state index is 0.0943. The largest absolute Gasteiger partial charge is 0.396 e. The van der Waals surface area contributed by atoms with E-state index in [1.165, 1.54) is 11.1 Å². The summed E-state index contributed by atoms with van der Waals surface area (Å²) in [6, 6.07) is 12.1. The van der Waals surface area contributed by atoms with Crippen molar-refractivity contribution in [3.05, 3.63) is 59.5 Å². The van der Waals surface area contributed by atoms with Crippen molar-refractivity contribution >= 4 is 11.2 Å². The summed E-state index contributed by atoms with van der Waals surface area (Å²) >= 11 is 0. The number of aryl methyl sites for hydroxylation is 1. The van der Waals surface area contributed by atoms with Crippen molar-refractivity contribution in [3.8, 4) is 0 Å². The fraction of sp³-hybridized carbons (Fsp3) is 0.250. The van der Waals surface area contributed by atoms with Crippen molar-refractivity contribution in [1.29, 1.82) is 0 Å². The number of imidazole rings is 1. The zero-order valence-electron chi connectivity index (χ0n) is 11.5. The van der Waals surface area contributed by atoms with E-state index in [1.54, 1.807) is 6.20 Å². The first-order valence-electron chi connectivity index (χ1n) is 6.75. The van der Waals surface area contributed by atoms with Crippen molar-refractivity contribution in [2.24, 2.45) is 0 Å². The zero-order valence-corrected chi connectivity index (χ0v) is 11.5. The molecule has 0 aliphatic heterocycles. The van der Waals surface area contributed by atoms with Gasteiger partial charge in [-0.3, -0.25) is 0 Å². The van der Waals surface area contributed by atoms with Gasteiger partial charge in [0.2, 0.25) is 0 Å². The van der Waals surface area contributed by atoms with Gasteiger partial charge in [-0.1, -0.05) is 24.3 Å². The highest BCUT2D eigenvalue weighted by atomic mass is 16.3. The van der Waals surface area contributed by atoms with E-state index in [2.05, 4.69) is 33.6 Å². The topological polar surface area (TPSA) is 50.9 Å². The van der Waals surface area contributed by atoms with Crippen LogP contribution in [0.1, 0.15) is 17.0 Å². The standard InChI is InChI=1S/C16H17N3O/c1-12-5-2-3-6-13(12)11-19-15(8-10-20)18-14-7-4-9-17-16(14)19/h2-7,9,20H,8,10-11H2,1H3. The van der Waals surface area contributed by atoms with Gasteiger partial charge in [-0.2, -0.15) is 0 Å². The Morgan fingerprint density at radius 3 is 2.80 bits per heavy atom. The van der Waals surface area contributed by atoms with Crippen LogP contribution in [-0.2, 0) is 13.0 Å². The SMILES string of the molecule is Cc1ccccc1Cn1c(CCO)nc2cccnc21. The summed E-state index contributed by atoms with van der Waals surface area (Å²) in [5.41, 5.74) is 4.25. The first-order chi connectivity index (χ1) is 9.79. The molecule has 2 aromatic heterocycles. The van der Waals surface area contributed by atoms with Crippen LogP contribution in [0.2, 0.25) is 0 Å². The average Bonchev–Trinajstić information content (AvgIpc) is 2.80. The molecule has 0 amide bonds. The van der Waals surface area contributed by atoms with Crippen LogP contribution in [0.5, 0.6) is 0 Å². The van der Waals surface area contributed by atoms with Crippen LogP contribution < -0.4 is 0 Å². The molecule has 0 radical (unpaired) electrons. The van der Waals surface area contributed by atoms with E-state index in [0.29, 0.717) is 6.42 Å². The Balaban J connectivity index is 2.09. The number of benzene rings is 1. The van der Waals surface area contributed by atoms with E-state index in [9.17, 15) is 5.11 Å². The molecule has 3 rings (SSSR count). The van der Waals surface area contributed by atoms with Crippen molar-refractivity contribution in [2.45, 2.75) is 19.9 Å².